The third-order valence-corrected chi connectivity index (χ3v) is 4.09. The van der Waals surface area contributed by atoms with E-state index < -0.39 is 0 Å². The third kappa shape index (κ3) is 4.69. The molecule has 0 aliphatic carbocycles. The first-order valence-corrected chi connectivity index (χ1v) is 8.76. The van der Waals surface area contributed by atoms with Crippen LogP contribution in [0.1, 0.15) is 35.8 Å². The predicted octanol–water partition coefficient (Wildman–Crippen LogP) is 2.42. The Hall–Kier alpha value is -3.22. The van der Waals surface area contributed by atoms with E-state index in [0.717, 1.165) is 11.3 Å². The van der Waals surface area contributed by atoms with Crippen LogP contribution in [0.4, 0.5) is 0 Å². The van der Waals surface area contributed by atoms with E-state index in [1.54, 1.807) is 18.2 Å². The lowest BCUT2D eigenvalue weighted by molar-refractivity contribution is -0.120. The van der Waals surface area contributed by atoms with E-state index in [4.69, 9.17) is 14.2 Å². The van der Waals surface area contributed by atoms with Crippen molar-refractivity contribution < 1.29 is 23.8 Å². The topological polar surface area (TPSA) is 85.9 Å². The molecule has 2 amide bonds. The molecular weight excluding hydrogens is 348 g/mol. The molecule has 0 saturated heterocycles. The molecule has 27 heavy (non-hydrogen) atoms. The van der Waals surface area contributed by atoms with E-state index in [2.05, 4.69) is 10.6 Å². The van der Waals surface area contributed by atoms with Crippen molar-refractivity contribution in [3.05, 3.63) is 53.6 Å². The van der Waals surface area contributed by atoms with E-state index in [9.17, 15) is 9.59 Å². The van der Waals surface area contributed by atoms with Crippen molar-refractivity contribution in [1.29, 1.82) is 0 Å². The molecule has 1 heterocycles. The first-order valence-electron chi connectivity index (χ1n) is 8.76. The molecule has 0 fully saturated rings. The van der Waals surface area contributed by atoms with Crippen LogP contribution in [0.25, 0.3) is 0 Å². The number of hydrogen-bond acceptors (Lipinski definition) is 5. The Morgan fingerprint density at radius 2 is 1.96 bits per heavy atom. The Balaban J connectivity index is 1.51. The standard InChI is InChI=1S/C20H22N2O5/c1-3-25-16-6-4-5-14(9-16)13(2)22-19(23)11-21-20(24)15-7-8-17-18(10-15)27-12-26-17/h4-10,13H,3,11-12H2,1-2H3,(H,21,24)(H,22,23). The van der Waals surface area contributed by atoms with Crippen LogP contribution in [0, 0.1) is 0 Å². The minimum atomic E-state index is -0.352. The van der Waals surface area contributed by atoms with Crippen LogP contribution >= 0.6 is 0 Å². The van der Waals surface area contributed by atoms with Crippen molar-refractivity contribution >= 4 is 11.8 Å². The average molecular weight is 370 g/mol. The van der Waals surface area contributed by atoms with E-state index >= 15 is 0 Å². The molecule has 2 aromatic rings. The molecule has 2 aromatic carbocycles. The number of ether oxygens (including phenoxy) is 3. The summed E-state index contributed by atoms with van der Waals surface area (Å²) in [5, 5.41) is 5.47. The van der Waals surface area contributed by atoms with Gasteiger partial charge in [0.05, 0.1) is 19.2 Å². The summed E-state index contributed by atoms with van der Waals surface area (Å²) in [6.45, 7) is 4.40. The number of nitrogens with one attached hydrogen (secondary N) is 2. The maximum atomic E-state index is 12.2. The number of carbonyl (C=O) groups is 2. The highest BCUT2D eigenvalue weighted by Gasteiger charge is 2.17. The molecule has 142 valence electrons. The highest BCUT2D eigenvalue weighted by molar-refractivity contribution is 5.97. The summed E-state index contributed by atoms with van der Waals surface area (Å²) in [4.78, 5) is 24.4. The second kappa shape index (κ2) is 8.44. The molecule has 1 unspecified atom stereocenters. The van der Waals surface area contributed by atoms with Crippen LogP contribution in [0.3, 0.4) is 0 Å². The van der Waals surface area contributed by atoms with Gasteiger partial charge < -0.3 is 24.8 Å². The molecule has 0 spiro atoms. The monoisotopic (exact) mass is 370 g/mol. The van der Waals surface area contributed by atoms with Gasteiger partial charge >= 0.3 is 0 Å². The summed E-state index contributed by atoms with van der Waals surface area (Å²) in [6.07, 6.45) is 0. The van der Waals surface area contributed by atoms with Crippen LogP contribution in [-0.2, 0) is 4.79 Å². The minimum absolute atomic E-state index is 0.122. The number of fused-ring (bicyclic) bond motifs is 1. The van der Waals surface area contributed by atoms with Gasteiger partial charge in [-0.2, -0.15) is 0 Å². The number of amides is 2. The zero-order valence-electron chi connectivity index (χ0n) is 15.3. The number of rotatable bonds is 7. The van der Waals surface area contributed by atoms with Gasteiger partial charge in [0.1, 0.15) is 5.75 Å². The molecule has 0 aromatic heterocycles. The van der Waals surface area contributed by atoms with Crippen LogP contribution < -0.4 is 24.8 Å². The molecule has 3 rings (SSSR count). The lowest BCUT2D eigenvalue weighted by atomic mass is 10.1. The maximum absolute atomic E-state index is 12.2. The van der Waals surface area contributed by atoms with Gasteiger partial charge in [0.15, 0.2) is 11.5 Å². The molecule has 0 radical (unpaired) electrons. The Morgan fingerprint density at radius 1 is 1.15 bits per heavy atom. The van der Waals surface area contributed by atoms with Crippen molar-refractivity contribution in [2.24, 2.45) is 0 Å². The Labute approximate surface area is 157 Å². The van der Waals surface area contributed by atoms with E-state index in [-0.39, 0.29) is 31.2 Å². The maximum Gasteiger partial charge on any atom is 0.251 e. The normalized spacial score (nSPS) is 13.0. The Morgan fingerprint density at radius 3 is 2.78 bits per heavy atom. The van der Waals surface area contributed by atoms with Crippen molar-refractivity contribution in [1.82, 2.24) is 10.6 Å². The first-order chi connectivity index (χ1) is 13.1. The molecule has 0 bridgehead atoms. The fourth-order valence-electron chi connectivity index (χ4n) is 2.72. The summed E-state index contributed by atoms with van der Waals surface area (Å²) in [5.41, 5.74) is 1.33. The van der Waals surface area contributed by atoms with Crippen LogP contribution in [-0.4, -0.2) is 31.8 Å². The molecular formula is C20H22N2O5. The second-order valence-corrected chi connectivity index (χ2v) is 6.05. The summed E-state index contributed by atoms with van der Waals surface area (Å²) < 4.78 is 15.9. The number of benzene rings is 2. The van der Waals surface area contributed by atoms with Crippen LogP contribution in [0.2, 0.25) is 0 Å². The molecule has 1 aliphatic rings. The first kappa shape index (κ1) is 18.6. The quantitative estimate of drug-likeness (QED) is 0.782. The lowest BCUT2D eigenvalue weighted by Crippen LogP contribution is -2.38. The highest BCUT2D eigenvalue weighted by atomic mass is 16.7. The minimum Gasteiger partial charge on any atom is -0.494 e. The van der Waals surface area contributed by atoms with E-state index in [1.165, 1.54) is 0 Å². The second-order valence-electron chi connectivity index (χ2n) is 6.05. The van der Waals surface area contributed by atoms with E-state index in [0.29, 0.717) is 23.7 Å². The van der Waals surface area contributed by atoms with Crippen LogP contribution in [0.5, 0.6) is 17.2 Å². The summed E-state index contributed by atoms with van der Waals surface area (Å²) >= 11 is 0. The molecule has 7 nitrogen and oxygen atoms in total. The number of hydrogen-bond donors (Lipinski definition) is 2. The van der Waals surface area contributed by atoms with Crippen molar-refractivity contribution in [2.75, 3.05) is 19.9 Å². The Kier molecular flexibility index (Phi) is 5.80. The zero-order chi connectivity index (χ0) is 19.2. The lowest BCUT2D eigenvalue weighted by Gasteiger charge is -2.16. The van der Waals surface area contributed by atoms with Crippen molar-refractivity contribution in [3.8, 4) is 17.2 Å². The smallest absolute Gasteiger partial charge is 0.251 e. The predicted molar refractivity (Wildman–Crippen MR) is 99.1 cm³/mol. The van der Waals surface area contributed by atoms with Crippen molar-refractivity contribution in [3.63, 3.8) is 0 Å². The fraction of sp³-hybridized carbons (Fsp3) is 0.300. The highest BCUT2D eigenvalue weighted by Crippen LogP contribution is 2.32. The van der Waals surface area contributed by atoms with Gasteiger partial charge in [0.2, 0.25) is 12.7 Å². The van der Waals surface area contributed by atoms with Gasteiger partial charge in [-0.1, -0.05) is 12.1 Å². The van der Waals surface area contributed by atoms with Gasteiger partial charge in [0, 0.05) is 5.56 Å². The molecule has 1 atom stereocenters. The Bertz CT molecular complexity index is 837. The summed E-state index contributed by atoms with van der Waals surface area (Å²) in [6, 6.07) is 12.2. The summed E-state index contributed by atoms with van der Waals surface area (Å²) in [5.74, 6) is 1.25. The fourth-order valence-corrected chi connectivity index (χ4v) is 2.72. The van der Waals surface area contributed by atoms with Gasteiger partial charge in [-0.25, -0.2) is 0 Å². The third-order valence-electron chi connectivity index (χ3n) is 4.09. The van der Waals surface area contributed by atoms with Gasteiger partial charge in [-0.05, 0) is 49.7 Å². The molecule has 0 saturated carbocycles. The van der Waals surface area contributed by atoms with Gasteiger partial charge in [0.25, 0.3) is 5.91 Å². The number of carbonyl (C=O) groups excluding carboxylic acids is 2. The van der Waals surface area contributed by atoms with Crippen LogP contribution in [0.15, 0.2) is 42.5 Å². The molecule has 2 N–H and O–H groups in total. The van der Waals surface area contributed by atoms with Gasteiger partial charge in [-0.3, -0.25) is 9.59 Å². The molecule has 1 aliphatic heterocycles. The van der Waals surface area contributed by atoms with Gasteiger partial charge in [-0.15, -0.1) is 0 Å². The summed E-state index contributed by atoms with van der Waals surface area (Å²) in [7, 11) is 0. The largest absolute Gasteiger partial charge is 0.494 e. The average Bonchev–Trinajstić information content (AvgIpc) is 3.14. The van der Waals surface area contributed by atoms with E-state index in [1.807, 2.05) is 38.1 Å². The zero-order valence-corrected chi connectivity index (χ0v) is 15.3. The SMILES string of the molecule is CCOc1cccc(C(C)NC(=O)CNC(=O)c2ccc3c(c2)OCO3)c1. The van der Waals surface area contributed by atoms with Crippen molar-refractivity contribution in [2.45, 2.75) is 19.9 Å². The molecule has 7 heteroatoms.